The summed E-state index contributed by atoms with van der Waals surface area (Å²) in [5.74, 6) is 0. The van der Waals surface area contributed by atoms with Crippen molar-refractivity contribution in [3.63, 3.8) is 0 Å². The Labute approximate surface area is 101 Å². The number of hydrogen-bond donors (Lipinski definition) is 1. The highest BCUT2D eigenvalue weighted by molar-refractivity contribution is 6.34. The minimum absolute atomic E-state index is 0.221. The van der Waals surface area contributed by atoms with E-state index in [1.807, 2.05) is 26.1 Å². The van der Waals surface area contributed by atoms with Crippen LogP contribution in [0.5, 0.6) is 0 Å². The van der Waals surface area contributed by atoms with Crippen molar-refractivity contribution in [2.75, 3.05) is 7.05 Å². The van der Waals surface area contributed by atoms with Crippen LogP contribution in [0.25, 0.3) is 0 Å². The molecule has 1 nitrogen and oxygen atoms in total. The van der Waals surface area contributed by atoms with E-state index in [0.717, 1.165) is 17.6 Å². The molecule has 0 heterocycles. The lowest BCUT2D eigenvalue weighted by atomic mass is 10.0. The van der Waals surface area contributed by atoms with Crippen molar-refractivity contribution >= 4 is 23.2 Å². The second kappa shape index (κ2) is 5.55. The van der Waals surface area contributed by atoms with Crippen LogP contribution in [0.2, 0.25) is 10.0 Å². The van der Waals surface area contributed by atoms with Gasteiger partial charge in [0.1, 0.15) is 0 Å². The van der Waals surface area contributed by atoms with Crippen LogP contribution in [0.3, 0.4) is 0 Å². The van der Waals surface area contributed by atoms with E-state index in [-0.39, 0.29) is 6.04 Å². The second-order valence-corrected chi connectivity index (χ2v) is 4.58. The molecule has 0 saturated carbocycles. The molecule has 0 aromatic heterocycles. The van der Waals surface area contributed by atoms with Crippen molar-refractivity contribution in [3.8, 4) is 0 Å². The fourth-order valence-corrected chi connectivity index (χ4v) is 2.05. The highest BCUT2D eigenvalue weighted by atomic mass is 35.5. The Morgan fingerprint density at radius 3 is 2.27 bits per heavy atom. The van der Waals surface area contributed by atoms with Crippen molar-refractivity contribution in [2.24, 2.45) is 0 Å². The Balaban J connectivity index is 2.95. The Hall–Kier alpha value is -0.500. The summed E-state index contributed by atoms with van der Waals surface area (Å²) >= 11 is 11.9. The third kappa shape index (κ3) is 3.86. The molecule has 1 unspecified atom stereocenters. The van der Waals surface area contributed by atoms with Gasteiger partial charge in [0.05, 0.1) is 0 Å². The van der Waals surface area contributed by atoms with Gasteiger partial charge in [-0.15, -0.1) is 6.58 Å². The fraction of sp³-hybridized carbons (Fsp3) is 0.333. The van der Waals surface area contributed by atoms with Crippen molar-refractivity contribution in [3.05, 3.63) is 46.0 Å². The molecule has 0 aliphatic rings. The smallest absolute Gasteiger partial charge is 0.0424 e. The van der Waals surface area contributed by atoms with E-state index in [4.69, 9.17) is 23.2 Å². The summed E-state index contributed by atoms with van der Waals surface area (Å²) in [6, 6.07) is 5.81. The first kappa shape index (κ1) is 12.6. The number of hydrogen-bond acceptors (Lipinski definition) is 1. The second-order valence-electron chi connectivity index (χ2n) is 3.71. The van der Waals surface area contributed by atoms with Gasteiger partial charge in [-0.2, -0.15) is 0 Å². The molecule has 0 spiro atoms. The predicted octanol–water partition coefficient (Wildman–Crippen LogP) is 4.22. The van der Waals surface area contributed by atoms with Crippen LogP contribution < -0.4 is 5.32 Å². The molecule has 0 aliphatic heterocycles. The average molecular weight is 244 g/mol. The van der Waals surface area contributed by atoms with Gasteiger partial charge in [0, 0.05) is 16.1 Å². The van der Waals surface area contributed by atoms with Gasteiger partial charge in [-0.3, -0.25) is 0 Å². The van der Waals surface area contributed by atoms with Crippen molar-refractivity contribution in [1.29, 1.82) is 0 Å². The lowest BCUT2D eigenvalue weighted by Crippen LogP contribution is -2.16. The Morgan fingerprint density at radius 2 is 1.87 bits per heavy atom. The molecule has 1 rings (SSSR count). The van der Waals surface area contributed by atoms with Gasteiger partial charge in [0.2, 0.25) is 0 Å². The summed E-state index contributed by atoms with van der Waals surface area (Å²) in [6.07, 6.45) is 0.882. The van der Waals surface area contributed by atoms with Crippen LogP contribution in [0.1, 0.15) is 24.9 Å². The highest BCUT2D eigenvalue weighted by Crippen LogP contribution is 2.26. The van der Waals surface area contributed by atoms with E-state index >= 15 is 0 Å². The standard InChI is InChI=1S/C12H15Cl2N/c1-8(2)4-12(15-3)9-5-10(13)7-11(14)6-9/h5-7,12,15H,1,4H2,2-3H3. The molecule has 0 bridgehead atoms. The van der Waals surface area contributed by atoms with Crippen LogP contribution in [0.4, 0.5) is 0 Å². The first-order chi connectivity index (χ1) is 7.02. The zero-order valence-electron chi connectivity index (χ0n) is 8.98. The fourth-order valence-electron chi connectivity index (χ4n) is 1.51. The minimum Gasteiger partial charge on any atom is -0.313 e. The Morgan fingerprint density at radius 1 is 1.33 bits per heavy atom. The Kier molecular flexibility index (Phi) is 4.65. The van der Waals surface area contributed by atoms with Crippen LogP contribution in [-0.2, 0) is 0 Å². The maximum Gasteiger partial charge on any atom is 0.0424 e. The number of nitrogens with one attached hydrogen (secondary N) is 1. The summed E-state index contributed by atoms with van der Waals surface area (Å²) in [5.41, 5.74) is 2.23. The van der Waals surface area contributed by atoms with E-state index in [1.165, 1.54) is 0 Å². The summed E-state index contributed by atoms with van der Waals surface area (Å²) in [5, 5.41) is 4.56. The van der Waals surface area contributed by atoms with Crippen molar-refractivity contribution < 1.29 is 0 Å². The van der Waals surface area contributed by atoms with Crippen LogP contribution in [-0.4, -0.2) is 7.05 Å². The molecule has 0 fully saturated rings. The molecule has 0 amide bonds. The van der Waals surface area contributed by atoms with Crippen LogP contribution in [0.15, 0.2) is 30.4 Å². The van der Waals surface area contributed by atoms with Gasteiger partial charge in [-0.25, -0.2) is 0 Å². The molecule has 0 radical (unpaired) electrons. The predicted molar refractivity (Wildman–Crippen MR) is 67.7 cm³/mol. The zero-order valence-corrected chi connectivity index (χ0v) is 10.5. The third-order valence-corrected chi connectivity index (χ3v) is 2.62. The molecule has 82 valence electrons. The number of halogens is 2. The summed E-state index contributed by atoms with van der Waals surface area (Å²) in [6.45, 7) is 5.92. The molecule has 0 saturated heterocycles. The van der Waals surface area contributed by atoms with Gasteiger partial charge in [-0.05, 0) is 44.2 Å². The van der Waals surface area contributed by atoms with Crippen LogP contribution >= 0.6 is 23.2 Å². The lowest BCUT2D eigenvalue weighted by molar-refractivity contribution is 0.590. The topological polar surface area (TPSA) is 12.0 Å². The number of benzene rings is 1. The molecule has 1 atom stereocenters. The quantitative estimate of drug-likeness (QED) is 0.782. The molecule has 0 aliphatic carbocycles. The first-order valence-corrected chi connectivity index (χ1v) is 5.56. The molecule has 15 heavy (non-hydrogen) atoms. The first-order valence-electron chi connectivity index (χ1n) is 4.80. The Bertz CT molecular complexity index is 340. The van der Waals surface area contributed by atoms with Gasteiger partial charge in [0.25, 0.3) is 0 Å². The highest BCUT2D eigenvalue weighted by Gasteiger charge is 2.10. The van der Waals surface area contributed by atoms with E-state index in [0.29, 0.717) is 10.0 Å². The average Bonchev–Trinajstić information content (AvgIpc) is 2.12. The summed E-state index contributed by atoms with van der Waals surface area (Å²) < 4.78 is 0. The van der Waals surface area contributed by atoms with Crippen molar-refractivity contribution in [1.82, 2.24) is 5.32 Å². The monoisotopic (exact) mass is 243 g/mol. The summed E-state index contributed by atoms with van der Waals surface area (Å²) in [7, 11) is 1.92. The molecular weight excluding hydrogens is 229 g/mol. The zero-order chi connectivity index (χ0) is 11.4. The normalized spacial score (nSPS) is 12.5. The van der Waals surface area contributed by atoms with Crippen LogP contribution in [0, 0.1) is 0 Å². The summed E-state index contributed by atoms with van der Waals surface area (Å²) in [4.78, 5) is 0. The minimum atomic E-state index is 0.221. The third-order valence-electron chi connectivity index (χ3n) is 2.19. The largest absolute Gasteiger partial charge is 0.313 e. The van der Waals surface area contributed by atoms with E-state index in [9.17, 15) is 0 Å². The van der Waals surface area contributed by atoms with Gasteiger partial charge < -0.3 is 5.32 Å². The van der Waals surface area contributed by atoms with Gasteiger partial charge >= 0.3 is 0 Å². The molecule has 1 aromatic carbocycles. The van der Waals surface area contributed by atoms with E-state index < -0.39 is 0 Å². The van der Waals surface area contributed by atoms with E-state index in [2.05, 4.69) is 11.9 Å². The molecule has 1 aromatic rings. The van der Waals surface area contributed by atoms with Crippen molar-refractivity contribution in [2.45, 2.75) is 19.4 Å². The van der Waals surface area contributed by atoms with Gasteiger partial charge in [0.15, 0.2) is 0 Å². The molecule has 1 N–H and O–H groups in total. The maximum absolute atomic E-state index is 5.95. The molecule has 3 heteroatoms. The van der Waals surface area contributed by atoms with E-state index in [1.54, 1.807) is 6.07 Å². The van der Waals surface area contributed by atoms with Gasteiger partial charge in [-0.1, -0.05) is 28.8 Å². The number of rotatable bonds is 4. The lowest BCUT2D eigenvalue weighted by Gasteiger charge is -2.17. The maximum atomic E-state index is 5.95. The molecular formula is C12H15Cl2N. The SMILES string of the molecule is C=C(C)CC(NC)c1cc(Cl)cc(Cl)c1.